The van der Waals surface area contributed by atoms with Crippen LogP contribution in [0.1, 0.15) is 53.4 Å². The van der Waals surface area contributed by atoms with Gasteiger partial charge in [0.2, 0.25) is 0 Å². The van der Waals surface area contributed by atoms with Crippen molar-refractivity contribution in [1.82, 2.24) is 4.90 Å². The standard InChI is InChI=1S/C16H32N2/c1-11(2)14-5-6-16(17)15(8-14)10-18-9-12(3)7-13(18)4/h11-16H,5-10,17H2,1-4H3. The first-order valence-corrected chi connectivity index (χ1v) is 7.97. The summed E-state index contributed by atoms with van der Waals surface area (Å²) in [5.41, 5.74) is 6.37. The summed E-state index contributed by atoms with van der Waals surface area (Å²) in [4.78, 5) is 2.69. The zero-order valence-electron chi connectivity index (χ0n) is 12.7. The molecule has 0 aromatic rings. The Bertz CT molecular complexity index is 264. The van der Waals surface area contributed by atoms with Crippen LogP contribution in [0.2, 0.25) is 0 Å². The summed E-state index contributed by atoms with van der Waals surface area (Å²) in [6, 6.07) is 1.22. The smallest absolute Gasteiger partial charge is 0.00795 e. The highest BCUT2D eigenvalue weighted by Crippen LogP contribution is 2.35. The molecule has 5 unspecified atom stereocenters. The molecule has 1 heterocycles. The summed E-state index contributed by atoms with van der Waals surface area (Å²) in [6.07, 6.45) is 5.32. The van der Waals surface area contributed by atoms with E-state index in [-0.39, 0.29) is 0 Å². The molecule has 1 saturated carbocycles. The van der Waals surface area contributed by atoms with Crippen molar-refractivity contribution in [1.29, 1.82) is 0 Å². The molecule has 0 spiro atoms. The largest absolute Gasteiger partial charge is 0.327 e. The highest BCUT2D eigenvalue weighted by atomic mass is 15.2. The van der Waals surface area contributed by atoms with Gasteiger partial charge in [0.15, 0.2) is 0 Å². The molecule has 0 amide bonds. The molecule has 0 bridgehead atoms. The van der Waals surface area contributed by atoms with Gasteiger partial charge < -0.3 is 10.6 Å². The number of nitrogens with zero attached hydrogens (tertiary/aromatic N) is 1. The lowest BCUT2D eigenvalue weighted by atomic mass is 9.73. The van der Waals surface area contributed by atoms with Crippen LogP contribution in [0.5, 0.6) is 0 Å². The van der Waals surface area contributed by atoms with E-state index in [0.29, 0.717) is 6.04 Å². The maximum atomic E-state index is 6.37. The second kappa shape index (κ2) is 5.92. The van der Waals surface area contributed by atoms with E-state index in [1.54, 1.807) is 0 Å². The molecule has 106 valence electrons. The number of rotatable bonds is 3. The second-order valence-corrected chi connectivity index (χ2v) is 7.38. The molecule has 2 fully saturated rings. The Kier molecular flexibility index (Phi) is 4.71. The lowest BCUT2D eigenvalue weighted by molar-refractivity contribution is 0.132. The van der Waals surface area contributed by atoms with Crippen LogP contribution in [0.15, 0.2) is 0 Å². The third kappa shape index (κ3) is 3.27. The molecule has 2 nitrogen and oxygen atoms in total. The summed E-state index contributed by atoms with van der Waals surface area (Å²) in [5.74, 6) is 3.35. The Morgan fingerprint density at radius 2 is 1.89 bits per heavy atom. The van der Waals surface area contributed by atoms with Gasteiger partial charge in [0, 0.05) is 25.2 Å². The van der Waals surface area contributed by atoms with Crippen molar-refractivity contribution >= 4 is 0 Å². The summed E-state index contributed by atoms with van der Waals surface area (Å²) >= 11 is 0. The predicted octanol–water partition coefficient (Wildman–Crippen LogP) is 3.12. The first-order valence-electron chi connectivity index (χ1n) is 7.97. The van der Waals surface area contributed by atoms with Gasteiger partial charge in [0.25, 0.3) is 0 Å². The van der Waals surface area contributed by atoms with Crippen molar-refractivity contribution < 1.29 is 0 Å². The first kappa shape index (κ1) is 14.3. The molecular weight excluding hydrogens is 220 g/mol. The van der Waals surface area contributed by atoms with Crippen LogP contribution in [0.3, 0.4) is 0 Å². The molecule has 0 aromatic carbocycles. The molecule has 1 aliphatic carbocycles. The summed E-state index contributed by atoms with van der Waals surface area (Å²) in [5, 5.41) is 0. The molecule has 5 atom stereocenters. The van der Waals surface area contributed by atoms with Crippen molar-refractivity contribution in [3.8, 4) is 0 Å². The van der Waals surface area contributed by atoms with Crippen LogP contribution in [0, 0.1) is 23.7 Å². The molecule has 0 radical (unpaired) electrons. The van der Waals surface area contributed by atoms with Crippen LogP contribution in [-0.4, -0.2) is 30.1 Å². The number of likely N-dealkylation sites (tertiary alicyclic amines) is 1. The van der Waals surface area contributed by atoms with E-state index in [9.17, 15) is 0 Å². The minimum Gasteiger partial charge on any atom is -0.327 e. The van der Waals surface area contributed by atoms with Crippen molar-refractivity contribution in [2.75, 3.05) is 13.1 Å². The Morgan fingerprint density at radius 1 is 1.17 bits per heavy atom. The molecule has 1 saturated heterocycles. The van der Waals surface area contributed by atoms with Crippen LogP contribution in [0.25, 0.3) is 0 Å². The van der Waals surface area contributed by atoms with Crippen LogP contribution < -0.4 is 5.73 Å². The quantitative estimate of drug-likeness (QED) is 0.836. The number of hydrogen-bond donors (Lipinski definition) is 1. The van der Waals surface area contributed by atoms with E-state index in [1.165, 1.54) is 38.8 Å². The van der Waals surface area contributed by atoms with Crippen LogP contribution >= 0.6 is 0 Å². The topological polar surface area (TPSA) is 29.3 Å². The summed E-state index contributed by atoms with van der Waals surface area (Å²) in [7, 11) is 0. The Hall–Kier alpha value is -0.0800. The van der Waals surface area contributed by atoms with Gasteiger partial charge in [-0.15, -0.1) is 0 Å². The Morgan fingerprint density at radius 3 is 2.44 bits per heavy atom. The highest BCUT2D eigenvalue weighted by Gasteiger charge is 2.34. The van der Waals surface area contributed by atoms with Gasteiger partial charge in [-0.3, -0.25) is 0 Å². The van der Waals surface area contributed by atoms with E-state index in [0.717, 1.165) is 29.7 Å². The SMILES string of the molecule is CC1CC(C)N(CC2CC(C(C)C)CCC2N)C1. The van der Waals surface area contributed by atoms with Gasteiger partial charge in [-0.2, -0.15) is 0 Å². The summed E-state index contributed by atoms with van der Waals surface area (Å²) in [6.45, 7) is 12.1. The third-order valence-electron chi connectivity index (χ3n) is 5.41. The molecule has 18 heavy (non-hydrogen) atoms. The molecule has 0 aromatic heterocycles. The minimum atomic E-state index is 0.447. The van der Waals surface area contributed by atoms with Gasteiger partial charge in [-0.1, -0.05) is 20.8 Å². The van der Waals surface area contributed by atoms with Gasteiger partial charge in [0.1, 0.15) is 0 Å². The summed E-state index contributed by atoms with van der Waals surface area (Å²) < 4.78 is 0. The van der Waals surface area contributed by atoms with Crippen LogP contribution in [-0.2, 0) is 0 Å². The van der Waals surface area contributed by atoms with E-state index < -0.39 is 0 Å². The lowest BCUT2D eigenvalue weighted by Gasteiger charge is -2.38. The molecule has 2 rings (SSSR count). The molecular formula is C16H32N2. The Balaban J connectivity index is 1.90. The molecule has 2 heteroatoms. The van der Waals surface area contributed by atoms with Gasteiger partial charge in [-0.05, 0) is 56.3 Å². The normalized spacial score (nSPS) is 42.7. The van der Waals surface area contributed by atoms with Crippen LogP contribution in [0.4, 0.5) is 0 Å². The fraction of sp³-hybridized carbons (Fsp3) is 1.00. The Labute approximate surface area is 113 Å². The fourth-order valence-corrected chi connectivity index (χ4v) is 4.08. The predicted molar refractivity (Wildman–Crippen MR) is 78.5 cm³/mol. The van der Waals surface area contributed by atoms with Gasteiger partial charge >= 0.3 is 0 Å². The van der Waals surface area contributed by atoms with Crippen molar-refractivity contribution in [2.45, 2.75) is 65.5 Å². The second-order valence-electron chi connectivity index (χ2n) is 7.38. The average molecular weight is 252 g/mol. The number of nitrogens with two attached hydrogens (primary N) is 1. The van der Waals surface area contributed by atoms with E-state index in [1.807, 2.05) is 0 Å². The van der Waals surface area contributed by atoms with E-state index in [2.05, 4.69) is 32.6 Å². The van der Waals surface area contributed by atoms with E-state index in [4.69, 9.17) is 5.73 Å². The third-order valence-corrected chi connectivity index (χ3v) is 5.41. The number of hydrogen-bond acceptors (Lipinski definition) is 2. The molecule has 2 N–H and O–H groups in total. The van der Waals surface area contributed by atoms with Gasteiger partial charge in [-0.25, -0.2) is 0 Å². The average Bonchev–Trinajstić information content (AvgIpc) is 2.60. The fourth-order valence-electron chi connectivity index (χ4n) is 4.08. The maximum Gasteiger partial charge on any atom is 0.00795 e. The van der Waals surface area contributed by atoms with Crippen molar-refractivity contribution in [2.24, 2.45) is 29.4 Å². The first-order chi connectivity index (χ1) is 8.47. The molecule has 2 aliphatic rings. The monoisotopic (exact) mass is 252 g/mol. The zero-order chi connectivity index (χ0) is 13.3. The maximum absolute atomic E-state index is 6.37. The lowest BCUT2D eigenvalue weighted by Crippen LogP contribution is -2.44. The zero-order valence-corrected chi connectivity index (χ0v) is 12.7. The van der Waals surface area contributed by atoms with Crippen molar-refractivity contribution in [3.05, 3.63) is 0 Å². The highest BCUT2D eigenvalue weighted by molar-refractivity contribution is 4.89. The molecule has 1 aliphatic heterocycles. The van der Waals surface area contributed by atoms with Gasteiger partial charge in [0.05, 0.1) is 0 Å². The van der Waals surface area contributed by atoms with Crippen molar-refractivity contribution in [3.63, 3.8) is 0 Å². The van der Waals surface area contributed by atoms with E-state index >= 15 is 0 Å². The minimum absolute atomic E-state index is 0.447.